The first-order valence-electron chi connectivity index (χ1n) is 11.0. The van der Waals surface area contributed by atoms with Crippen molar-refractivity contribution in [2.45, 2.75) is 45.6 Å². The molecule has 2 aliphatic rings. The second kappa shape index (κ2) is 10.1. The smallest absolute Gasteiger partial charge is 0.225 e. The normalized spacial score (nSPS) is 14.8. The number of thiazole rings is 1. The summed E-state index contributed by atoms with van der Waals surface area (Å²) in [6.45, 7) is 1.81. The lowest BCUT2D eigenvalue weighted by molar-refractivity contribution is -0.133. The minimum absolute atomic E-state index is 0.145. The van der Waals surface area contributed by atoms with E-state index in [2.05, 4.69) is 25.5 Å². The average Bonchev–Trinajstić information content (AvgIpc) is 3.43. The third-order valence-electron chi connectivity index (χ3n) is 5.61. The molecule has 1 aliphatic carbocycles. The van der Waals surface area contributed by atoms with Gasteiger partial charge < -0.3 is 15.0 Å². The Bertz CT molecular complexity index is 1120. The topological polar surface area (TPSA) is 113 Å². The maximum absolute atomic E-state index is 11.4. The third kappa shape index (κ3) is 5.22. The Morgan fingerprint density at radius 2 is 2.03 bits per heavy atom. The zero-order valence-electron chi connectivity index (χ0n) is 19.1. The number of carbonyl (C=O) groups excluding carboxylic acids is 2. The van der Waals surface area contributed by atoms with Crippen molar-refractivity contribution < 1.29 is 14.3 Å². The number of hydrogen-bond donors (Lipinski definition) is 2. The molecular weight excluding hydrogens is 440 g/mol. The number of pyridine rings is 1. The molecule has 174 valence electrons. The Morgan fingerprint density at radius 1 is 1.24 bits per heavy atom. The summed E-state index contributed by atoms with van der Waals surface area (Å²) in [6.07, 6.45) is 9.47. The minimum Gasteiger partial charge on any atom is -0.483 e. The molecule has 1 fully saturated rings. The first-order chi connectivity index (χ1) is 15.9. The molecule has 0 bridgehead atoms. The lowest BCUT2D eigenvalue weighted by Crippen LogP contribution is -2.30. The number of hydrogen-bond acceptors (Lipinski definition) is 7. The van der Waals surface area contributed by atoms with E-state index in [1.165, 1.54) is 37.5 Å². The van der Waals surface area contributed by atoms with E-state index in [1.807, 2.05) is 26.2 Å². The lowest BCUT2D eigenvalue weighted by Gasteiger charge is -2.23. The van der Waals surface area contributed by atoms with Crippen molar-refractivity contribution >= 4 is 28.3 Å². The molecule has 1 saturated carbocycles. The number of H-pyrrole nitrogens is 1. The monoisotopic (exact) mass is 468 g/mol. The summed E-state index contributed by atoms with van der Waals surface area (Å²) in [7, 11) is 3.69. The van der Waals surface area contributed by atoms with Crippen LogP contribution in [0.1, 0.15) is 44.7 Å². The van der Waals surface area contributed by atoms with Crippen LogP contribution >= 0.6 is 11.3 Å². The van der Waals surface area contributed by atoms with E-state index in [9.17, 15) is 9.59 Å². The number of aromatic nitrogens is 4. The molecule has 0 radical (unpaired) electrons. The van der Waals surface area contributed by atoms with E-state index >= 15 is 0 Å². The Kier molecular flexibility index (Phi) is 7.02. The molecule has 2 amide bonds. The summed E-state index contributed by atoms with van der Waals surface area (Å²) < 4.78 is 5.80. The van der Waals surface area contributed by atoms with Crippen LogP contribution < -0.4 is 10.1 Å². The van der Waals surface area contributed by atoms with E-state index in [1.54, 1.807) is 17.3 Å². The first kappa shape index (κ1) is 22.9. The summed E-state index contributed by atoms with van der Waals surface area (Å²) >= 11 is 1.40. The van der Waals surface area contributed by atoms with Gasteiger partial charge >= 0.3 is 0 Å². The average molecular weight is 469 g/mol. The number of nitrogens with zero attached hydrogens (tertiary/aromatic N) is 4. The van der Waals surface area contributed by atoms with Crippen molar-refractivity contribution in [2.24, 2.45) is 5.92 Å². The lowest BCUT2D eigenvalue weighted by atomic mass is 9.88. The zero-order chi connectivity index (χ0) is 23.4. The highest BCUT2D eigenvalue weighted by Crippen LogP contribution is 2.45. The van der Waals surface area contributed by atoms with Gasteiger partial charge in [-0.15, -0.1) is 0 Å². The van der Waals surface area contributed by atoms with Gasteiger partial charge in [-0.05, 0) is 25.0 Å². The number of aromatic amines is 1. The molecule has 4 heterocycles. The van der Waals surface area contributed by atoms with Crippen molar-refractivity contribution in [1.29, 1.82) is 0 Å². The van der Waals surface area contributed by atoms with Crippen LogP contribution in [0.5, 0.6) is 5.75 Å². The standard InChI is InChI=1S/C14H11N5O2S.C9H17NO/c1-7(20)16-14-17-9-6-21-12-10(8-3-2-4-15-5-8)18-19-11(12)13(9)22-14;1-10(2)9(11)8-6-4-3-5-7-8/h2-5H,6H2,1H3,(H,18,19)(H,16,17,20);8H,3-7H2,1-2H3. The van der Waals surface area contributed by atoms with Gasteiger partial charge in [-0.2, -0.15) is 5.10 Å². The molecule has 0 atom stereocenters. The van der Waals surface area contributed by atoms with Crippen LogP contribution in [-0.4, -0.2) is 51.0 Å². The molecule has 3 aromatic rings. The molecule has 3 aromatic heterocycles. The quantitative estimate of drug-likeness (QED) is 0.598. The summed E-state index contributed by atoms with van der Waals surface area (Å²) in [6, 6.07) is 3.78. The molecule has 9 nitrogen and oxygen atoms in total. The van der Waals surface area contributed by atoms with Crippen LogP contribution in [0.3, 0.4) is 0 Å². The van der Waals surface area contributed by atoms with Gasteiger partial charge in [-0.1, -0.05) is 30.6 Å². The summed E-state index contributed by atoms with van der Waals surface area (Å²) in [5.74, 6) is 1.20. The number of nitrogens with one attached hydrogen (secondary N) is 2. The fourth-order valence-electron chi connectivity index (χ4n) is 4.03. The van der Waals surface area contributed by atoms with Crippen molar-refractivity contribution in [2.75, 3.05) is 19.4 Å². The van der Waals surface area contributed by atoms with Crippen LogP contribution in [-0.2, 0) is 16.2 Å². The molecule has 10 heteroatoms. The predicted molar refractivity (Wildman–Crippen MR) is 127 cm³/mol. The second-order valence-electron chi connectivity index (χ2n) is 8.35. The highest BCUT2D eigenvalue weighted by molar-refractivity contribution is 7.19. The van der Waals surface area contributed by atoms with E-state index in [4.69, 9.17) is 4.74 Å². The van der Waals surface area contributed by atoms with Crippen molar-refractivity contribution in [3.05, 3.63) is 30.2 Å². The van der Waals surface area contributed by atoms with E-state index in [0.29, 0.717) is 29.3 Å². The highest BCUT2D eigenvalue weighted by atomic mass is 32.1. The van der Waals surface area contributed by atoms with Crippen LogP contribution in [0, 0.1) is 5.92 Å². The number of fused-ring (bicyclic) bond motifs is 3. The van der Waals surface area contributed by atoms with Crippen molar-refractivity contribution in [3.8, 4) is 27.6 Å². The van der Waals surface area contributed by atoms with Gasteiger partial charge in [0.1, 0.15) is 23.7 Å². The van der Waals surface area contributed by atoms with E-state index in [0.717, 1.165) is 40.4 Å². The molecule has 1 aliphatic heterocycles. The molecule has 33 heavy (non-hydrogen) atoms. The Balaban J connectivity index is 0.000000200. The van der Waals surface area contributed by atoms with Crippen molar-refractivity contribution in [1.82, 2.24) is 25.1 Å². The Labute approximate surface area is 196 Å². The van der Waals surface area contributed by atoms with Gasteiger partial charge in [0.2, 0.25) is 11.8 Å². The number of amides is 2. The summed E-state index contributed by atoms with van der Waals surface area (Å²) in [5.41, 5.74) is 3.19. The predicted octanol–water partition coefficient (Wildman–Crippen LogP) is 4.10. The molecule has 5 rings (SSSR count). The zero-order valence-corrected chi connectivity index (χ0v) is 19.9. The largest absolute Gasteiger partial charge is 0.483 e. The van der Waals surface area contributed by atoms with Crippen LogP contribution in [0.25, 0.3) is 21.8 Å². The highest BCUT2D eigenvalue weighted by Gasteiger charge is 2.28. The van der Waals surface area contributed by atoms with Crippen molar-refractivity contribution in [3.63, 3.8) is 0 Å². The maximum atomic E-state index is 11.4. The molecule has 0 spiro atoms. The molecule has 0 aromatic carbocycles. The fourth-order valence-corrected chi connectivity index (χ4v) is 5.04. The van der Waals surface area contributed by atoms with E-state index < -0.39 is 0 Å². The summed E-state index contributed by atoms with van der Waals surface area (Å²) in [4.78, 5) is 33.7. The van der Waals surface area contributed by atoms with Gasteiger partial charge in [0, 0.05) is 44.9 Å². The van der Waals surface area contributed by atoms with Crippen LogP contribution in [0.15, 0.2) is 24.5 Å². The third-order valence-corrected chi connectivity index (χ3v) is 6.64. The fraction of sp³-hybridized carbons (Fsp3) is 0.435. The number of anilines is 1. The van der Waals surface area contributed by atoms with Crippen LogP contribution in [0.2, 0.25) is 0 Å². The second-order valence-corrected chi connectivity index (χ2v) is 9.35. The van der Waals surface area contributed by atoms with Gasteiger partial charge in [-0.3, -0.25) is 19.7 Å². The van der Waals surface area contributed by atoms with E-state index in [-0.39, 0.29) is 5.91 Å². The molecule has 0 saturated heterocycles. The first-order valence-corrected chi connectivity index (χ1v) is 11.9. The molecular formula is C23H28N6O3S. The Morgan fingerprint density at radius 3 is 2.70 bits per heavy atom. The summed E-state index contributed by atoms with van der Waals surface area (Å²) in [5, 5.41) is 10.6. The molecule has 0 unspecified atom stereocenters. The maximum Gasteiger partial charge on any atom is 0.225 e. The van der Waals surface area contributed by atoms with Gasteiger partial charge in [0.25, 0.3) is 0 Å². The molecule has 2 N–H and O–H groups in total. The van der Waals surface area contributed by atoms with Gasteiger partial charge in [0.05, 0.1) is 4.88 Å². The number of carbonyl (C=O) groups is 2. The number of ether oxygens (including phenoxy) is 1. The SMILES string of the molecule is CC(=O)Nc1nc2c(s1)-c1[nH]nc(-c3cccnc3)c1OC2.CN(C)C(=O)C1CCCCC1. The Hall–Kier alpha value is -3.27. The number of rotatable bonds is 3. The minimum atomic E-state index is -0.145. The van der Waals surface area contributed by atoms with Gasteiger partial charge in [0.15, 0.2) is 10.9 Å². The van der Waals surface area contributed by atoms with Crippen LogP contribution in [0.4, 0.5) is 5.13 Å². The van der Waals surface area contributed by atoms with Gasteiger partial charge in [-0.25, -0.2) is 4.98 Å².